The van der Waals surface area contributed by atoms with Gasteiger partial charge in [-0.25, -0.2) is 0 Å². The first kappa shape index (κ1) is 10.6. The molecular formula is C4H7NNiO2. The molecule has 3 nitrogen and oxygen atoms in total. The molecule has 0 bridgehead atoms. The fourth-order valence-electron chi connectivity index (χ4n) is 0.0704. The molecule has 0 aliphatic heterocycles. The van der Waals surface area contributed by atoms with E-state index in [9.17, 15) is 4.79 Å². The third-order valence-electron chi connectivity index (χ3n) is 0.660. The van der Waals surface area contributed by atoms with E-state index in [0.717, 1.165) is 0 Å². The molecule has 0 aromatic heterocycles. The average molecular weight is 160 g/mol. The minimum Gasteiger partial charge on any atom is -0.411 e. The minimum absolute atomic E-state index is 0. The van der Waals surface area contributed by atoms with Gasteiger partial charge in [-0.15, -0.1) is 0 Å². The van der Waals surface area contributed by atoms with E-state index in [2.05, 4.69) is 5.16 Å². The standard InChI is InChI=1S/C4H7NO2.Ni/c1-3(5-7)4(2)6;/h7H,1-2H3;. The van der Waals surface area contributed by atoms with Crippen LogP contribution in [0.3, 0.4) is 0 Å². The van der Waals surface area contributed by atoms with Gasteiger partial charge in [0.25, 0.3) is 0 Å². The van der Waals surface area contributed by atoms with Crippen molar-refractivity contribution in [2.75, 3.05) is 0 Å². The van der Waals surface area contributed by atoms with Crippen LogP contribution < -0.4 is 0 Å². The normalized spacial score (nSPS) is 10.0. The van der Waals surface area contributed by atoms with Gasteiger partial charge in [0, 0.05) is 23.4 Å². The second-order valence-corrected chi connectivity index (χ2v) is 1.24. The molecule has 0 aliphatic carbocycles. The first-order chi connectivity index (χ1) is 3.18. The van der Waals surface area contributed by atoms with Gasteiger partial charge in [-0.1, -0.05) is 5.16 Å². The Morgan fingerprint density at radius 1 is 1.50 bits per heavy atom. The molecule has 0 fully saturated rings. The van der Waals surface area contributed by atoms with E-state index >= 15 is 0 Å². The van der Waals surface area contributed by atoms with Crippen molar-refractivity contribution in [2.24, 2.45) is 5.16 Å². The first-order valence-corrected chi connectivity index (χ1v) is 1.88. The van der Waals surface area contributed by atoms with Gasteiger partial charge in [0.2, 0.25) is 0 Å². The molecule has 0 heterocycles. The zero-order chi connectivity index (χ0) is 5.86. The van der Waals surface area contributed by atoms with Crippen LogP contribution in [-0.2, 0) is 21.3 Å². The summed E-state index contributed by atoms with van der Waals surface area (Å²) in [6.07, 6.45) is 0. The van der Waals surface area contributed by atoms with Gasteiger partial charge in [-0.2, -0.15) is 0 Å². The van der Waals surface area contributed by atoms with E-state index in [0.29, 0.717) is 0 Å². The summed E-state index contributed by atoms with van der Waals surface area (Å²) >= 11 is 0. The zero-order valence-electron chi connectivity index (χ0n) is 4.62. The number of nitrogens with zero attached hydrogens (tertiary/aromatic N) is 1. The topological polar surface area (TPSA) is 49.7 Å². The molecule has 8 heavy (non-hydrogen) atoms. The average Bonchev–Trinajstić information content (AvgIpc) is 1.65. The monoisotopic (exact) mass is 159 g/mol. The molecule has 0 spiro atoms. The van der Waals surface area contributed by atoms with Gasteiger partial charge in [0.1, 0.15) is 5.71 Å². The van der Waals surface area contributed by atoms with E-state index in [1.54, 1.807) is 0 Å². The molecule has 0 aromatic carbocycles. The van der Waals surface area contributed by atoms with Crippen molar-refractivity contribution in [2.45, 2.75) is 13.8 Å². The van der Waals surface area contributed by atoms with Gasteiger partial charge >= 0.3 is 0 Å². The molecular weight excluding hydrogens is 153 g/mol. The van der Waals surface area contributed by atoms with Crippen molar-refractivity contribution < 1.29 is 26.5 Å². The van der Waals surface area contributed by atoms with Crippen molar-refractivity contribution in [3.63, 3.8) is 0 Å². The molecule has 0 unspecified atom stereocenters. The molecule has 0 aliphatic rings. The molecule has 0 amide bonds. The van der Waals surface area contributed by atoms with Gasteiger partial charge in [-0.05, 0) is 6.92 Å². The van der Waals surface area contributed by atoms with Crippen LogP contribution in [0.5, 0.6) is 0 Å². The van der Waals surface area contributed by atoms with E-state index in [4.69, 9.17) is 5.21 Å². The summed E-state index contributed by atoms with van der Waals surface area (Å²) in [6, 6.07) is 0. The number of Topliss-reactive ketones (excluding diaryl/α,β-unsaturated/α-hetero) is 1. The largest absolute Gasteiger partial charge is 0.411 e. The summed E-state index contributed by atoms with van der Waals surface area (Å²) in [5.41, 5.74) is 0.139. The SMILES string of the molecule is CC(=O)C(C)=NO.[Ni]. The second kappa shape index (κ2) is 4.78. The van der Waals surface area contributed by atoms with Crippen LogP contribution in [0.15, 0.2) is 5.16 Å². The van der Waals surface area contributed by atoms with E-state index in [-0.39, 0.29) is 28.0 Å². The van der Waals surface area contributed by atoms with Crippen LogP contribution in [0.25, 0.3) is 0 Å². The first-order valence-electron chi connectivity index (χ1n) is 1.88. The maximum Gasteiger partial charge on any atom is 0.177 e. The Labute approximate surface area is 57.7 Å². The molecule has 0 saturated heterocycles. The van der Waals surface area contributed by atoms with Crippen molar-refractivity contribution in [3.05, 3.63) is 0 Å². The third kappa shape index (κ3) is 3.81. The van der Waals surface area contributed by atoms with E-state index in [1.165, 1.54) is 13.8 Å². The molecule has 1 N–H and O–H groups in total. The summed E-state index contributed by atoms with van der Waals surface area (Å²) in [7, 11) is 0. The molecule has 0 aromatic rings. The van der Waals surface area contributed by atoms with E-state index < -0.39 is 0 Å². The number of oxime groups is 1. The summed E-state index contributed by atoms with van der Waals surface area (Å²) < 4.78 is 0. The maximum atomic E-state index is 10.1. The number of carbonyl (C=O) groups is 1. The summed E-state index contributed by atoms with van der Waals surface area (Å²) in [6.45, 7) is 2.79. The Morgan fingerprint density at radius 3 is 1.88 bits per heavy atom. The van der Waals surface area contributed by atoms with Crippen molar-refractivity contribution in [3.8, 4) is 0 Å². The third-order valence-corrected chi connectivity index (χ3v) is 0.660. The maximum absolute atomic E-state index is 10.1. The fourth-order valence-corrected chi connectivity index (χ4v) is 0.0704. The minimum atomic E-state index is -0.206. The fraction of sp³-hybridized carbons (Fsp3) is 0.500. The number of rotatable bonds is 1. The molecule has 4 heteroatoms. The van der Waals surface area contributed by atoms with Crippen LogP contribution >= 0.6 is 0 Å². The smallest absolute Gasteiger partial charge is 0.177 e. The van der Waals surface area contributed by atoms with Crippen LogP contribution in [0.1, 0.15) is 13.8 Å². The number of ketones is 1. The van der Waals surface area contributed by atoms with E-state index in [1.807, 2.05) is 0 Å². The van der Waals surface area contributed by atoms with Crippen molar-refractivity contribution in [1.29, 1.82) is 0 Å². The van der Waals surface area contributed by atoms with Crippen molar-refractivity contribution >= 4 is 11.5 Å². The molecule has 0 saturated carbocycles. The number of carbonyl (C=O) groups excluding carboxylic acids is 1. The van der Waals surface area contributed by atoms with Gasteiger partial charge < -0.3 is 5.21 Å². The molecule has 50 valence electrons. The van der Waals surface area contributed by atoms with Gasteiger partial charge in [-0.3, -0.25) is 4.79 Å². The Kier molecular flexibility index (Phi) is 6.33. The van der Waals surface area contributed by atoms with Gasteiger partial charge in [0.05, 0.1) is 0 Å². The summed E-state index contributed by atoms with van der Waals surface area (Å²) in [5.74, 6) is -0.206. The summed E-state index contributed by atoms with van der Waals surface area (Å²) in [4.78, 5) is 10.1. The Balaban J connectivity index is 0. The Morgan fingerprint density at radius 2 is 1.88 bits per heavy atom. The Bertz CT molecular complexity index is 111. The predicted molar refractivity (Wildman–Crippen MR) is 25.6 cm³/mol. The van der Waals surface area contributed by atoms with Crippen LogP contribution in [0.4, 0.5) is 0 Å². The zero-order valence-corrected chi connectivity index (χ0v) is 5.61. The van der Waals surface area contributed by atoms with Crippen LogP contribution in [0, 0.1) is 0 Å². The summed E-state index contributed by atoms with van der Waals surface area (Å²) in [5, 5.41) is 10.5. The van der Waals surface area contributed by atoms with Gasteiger partial charge in [0.15, 0.2) is 5.78 Å². The number of hydrogen-bond donors (Lipinski definition) is 1. The Hall–Kier alpha value is -0.366. The number of hydrogen-bond acceptors (Lipinski definition) is 3. The quantitative estimate of drug-likeness (QED) is 0.261. The van der Waals surface area contributed by atoms with Crippen LogP contribution in [-0.4, -0.2) is 16.7 Å². The van der Waals surface area contributed by atoms with Crippen LogP contribution in [0.2, 0.25) is 0 Å². The predicted octanol–water partition coefficient (Wildman–Crippen LogP) is 0.423. The molecule has 0 rings (SSSR count). The molecule has 0 atom stereocenters. The molecule has 0 radical (unpaired) electrons. The van der Waals surface area contributed by atoms with Crippen molar-refractivity contribution in [1.82, 2.24) is 0 Å². The second-order valence-electron chi connectivity index (χ2n) is 1.24.